The Morgan fingerprint density at radius 1 is 0.935 bits per heavy atom. The molecule has 0 aliphatic heterocycles. The Kier molecular flexibility index (Phi) is 6.62. The van der Waals surface area contributed by atoms with E-state index in [-0.39, 0.29) is 32.4 Å². The smallest absolute Gasteiger partial charge is 0.339 e. The van der Waals surface area contributed by atoms with Crippen molar-refractivity contribution in [3.05, 3.63) is 88.4 Å². The van der Waals surface area contributed by atoms with Crippen molar-refractivity contribution >= 4 is 44.9 Å². The number of amides is 1. The fourth-order valence-electron chi connectivity index (χ4n) is 2.73. The lowest BCUT2D eigenvalue weighted by atomic mass is 10.1. The Hall–Kier alpha value is -3.36. The lowest BCUT2D eigenvalue weighted by molar-refractivity contribution is 0.0602. The number of carbonyl (C=O) groups is 2. The highest BCUT2D eigenvalue weighted by molar-refractivity contribution is 7.92. The van der Waals surface area contributed by atoms with Gasteiger partial charge in [0.05, 0.1) is 34.0 Å². The molecular weight excluding hydrogens is 440 g/mol. The standard InChI is InChI=1S/C22H19ClN2O5S/c1-14-7-10-16(11-8-14)31(28,29)25-20-12-9-15(13-18(20)23)21(26)24-19-6-4-3-5-17(19)22(27)30-2/h3-13,25H,1-2H3,(H,24,26). The van der Waals surface area contributed by atoms with Gasteiger partial charge < -0.3 is 10.1 Å². The normalized spacial score (nSPS) is 10.9. The van der Waals surface area contributed by atoms with Crippen LogP contribution in [0.15, 0.2) is 71.6 Å². The van der Waals surface area contributed by atoms with Crippen LogP contribution in [0.2, 0.25) is 5.02 Å². The molecule has 31 heavy (non-hydrogen) atoms. The van der Waals surface area contributed by atoms with Crippen LogP contribution in [-0.2, 0) is 14.8 Å². The summed E-state index contributed by atoms with van der Waals surface area (Å²) in [5.41, 5.74) is 1.73. The molecule has 1 amide bonds. The molecule has 0 atom stereocenters. The van der Waals surface area contributed by atoms with Crippen LogP contribution in [0, 0.1) is 6.92 Å². The third-order valence-electron chi connectivity index (χ3n) is 4.39. The molecule has 0 saturated carbocycles. The third-order valence-corrected chi connectivity index (χ3v) is 6.08. The molecular formula is C22H19ClN2O5S. The van der Waals surface area contributed by atoms with Crippen molar-refractivity contribution in [2.24, 2.45) is 0 Å². The van der Waals surface area contributed by atoms with Crippen LogP contribution in [0.25, 0.3) is 0 Å². The monoisotopic (exact) mass is 458 g/mol. The molecule has 2 N–H and O–H groups in total. The minimum absolute atomic E-state index is 0.0459. The summed E-state index contributed by atoms with van der Waals surface area (Å²) in [7, 11) is -2.59. The van der Waals surface area contributed by atoms with Crippen molar-refractivity contribution in [2.75, 3.05) is 17.1 Å². The van der Waals surface area contributed by atoms with Gasteiger partial charge in [0.1, 0.15) is 0 Å². The van der Waals surface area contributed by atoms with Crippen LogP contribution in [-0.4, -0.2) is 27.4 Å². The van der Waals surface area contributed by atoms with Crippen LogP contribution in [0.1, 0.15) is 26.3 Å². The maximum absolute atomic E-state index is 12.6. The first kappa shape index (κ1) is 22.3. The lowest BCUT2D eigenvalue weighted by Gasteiger charge is -2.12. The van der Waals surface area contributed by atoms with E-state index in [1.165, 1.54) is 43.5 Å². The van der Waals surface area contributed by atoms with Gasteiger partial charge in [-0.05, 0) is 49.4 Å². The minimum atomic E-state index is -3.84. The van der Waals surface area contributed by atoms with Crippen molar-refractivity contribution in [1.82, 2.24) is 0 Å². The molecule has 9 heteroatoms. The maximum Gasteiger partial charge on any atom is 0.339 e. The van der Waals surface area contributed by atoms with E-state index in [0.717, 1.165) is 5.56 Å². The summed E-state index contributed by atoms with van der Waals surface area (Å²) < 4.78 is 32.3. The zero-order valence-corrected chi connectivity index (χ0v) is 18.3. The summed E-state index contributed by atoms with van der Waals surface area (Å²) in [6, 6.07) is 16.9. The Balaban J connectivity index is 1.80. The van der Waals surface area contributed by atoms with E-state index in [9.17, 15) is 18.0 Å². The van der Waals surface area contributed by atoms with E-state index in [0.29, 0.717) is 0 Å². The molecule has 0 bridgehead atoms. The Morgan fingerprint density at radius 2 is 1.61 bits per heavy atom. The first-order valence-corrected chi connectivity index (χ1v) is 10.9. The van der Waals surface area contributed by atoms with Crippen molar-refractivity contribution in [2.45, 2.75) is 11.8 Å². The van der Waals surface area contributed by atoms with Gasteiger partial charge >= 0.3 is 5.97 Å². The Morgan fingerprint density at radius 3 is 2.26 bits per heavy atom. The number of hydrogen-bond donors (Lipinski definition) is 2. The van der Waals surface area contributed by atoms with E-state index in [2.05, 4.69) is 10.0 Å². The van der Waals surface area contributed by atoms with Crippen LogP contribution in [0.5, 0.6) is 0 Å². The number of rotatable bonds is 6. The molecule has 0 unspecified atom stereocenters. The summed E-state index contributed by atoms with van der Waals surface area (Å²) in [5, 5.41) is 2.68. The van der Waals surface area contributed by atoms with Gasteiger partial charge in [0.25, 0.3) is 15.9 Å². The van der Waals surface area contributed by atoms with Crippen molar-refractivity contribution in [1.29, 1.82) is 0 Å². The van der Waals surface area contributed by atoms with Gasteiger partial charge in [-0.15, -0.1) is 0 Å². The number of benzene rings is 3. The average Bonchev–Trinajstić information content (AvgIpc) is 2.75. The Bertz CT molecular complexity index is 1240. The van der Waals surface area contributed by atoms with Crippen molar-refractivity contribution < 1.29 is 22.7 Å². The third kappa shape index (κ3) is 5.22. The first-order chi connectivity index (χ1) is 14.7. The van der Waals surface area contributed by atoms with Gasteiger partial charge in [0, 0.05) is 5.56 Å². The van der Waals surface area contributed by atoms with Gasteiger partial charge in [-0.3, -0.25) is 9.52 Å². The number of halogens is 1. The van der Waals surface area contributed by atoms with Gasteiger partial charge in [-0.25, -0.2) is 13.2 Å². The molecule has 160 valence electrons. The number of aryl methyl sites for hydroxylation is 1. The molecule has 0 aliphatic rings. The SMILES string of the molecule is COC(=O)c1ccccc1NC(=O)c1ccc(NS(=O)(=O)c2ccc(C)cc2)c(Cl)c1. The molecule has 3 rings (SSSR count). The number of para-hydroxylation sites is 1. The summed E-state index contributed by atoms with van der Waals surface area (Å²) in [5.74, 6) is -1.11. The second-order valence-corrected chi connectivity index (χ2v) is 8.69. The molecule has 0 saturated heterocycles. The largest absolute Gasteiger partial charge is 0.465 e. The second-order valence-electron chi connectivity index (χ2n) is 6.60. The van der Waals surface area contributed by atoms with Gasteiger partial charge in [-0.2, -0.15) is 0 Å². The first-order valence-electron chi connectivity index (χ1n) is 9.09. The highest BCUT2D eigenvalue weighted by atomic mass is 35.5. The quantitative estimate of drug-likeness (QED) is 0.530. The molecule has 0 heterocycles. The summed E-state index contributed by atoms with van der Waals surface area (Å²) >= 11 is 6.22. The number of carbonyl (C=O) groups excluding carboxylic acids is 2. The van der Waals surface area contributed by atoms with Crippen molar-refractivity contribution in [3.63, 3.8) is 0 Å². The molecule has 0 aliphatic carbocycles. The van der Waals surface area contributed by atoms with E-state index >= 15 is 0 Å². The minimum Gasteiger partial charge on any atom is -0.465 e. The average molecular weight is 459 g/mol. The van der Waals surface area contributed by atoms with Gasteiger partial charge in [0.2, 0.25) is 0 Å². The van der Waals surface area contributed by atoms with Crippen LogP contribution in [0.3, 0.4) is 0 Å². The molecule has 7 nitrogen and oxygen atoms in total. The summed E-state index contributed by atoms with van der Waals surface area (Å²) in [4.78, 5) is 24.6. The predicted molar refractivity (Wildman–Crippen MR) is 119 cm³/mol. The number of nitrogens with one attached hydrogen (secondary N) is 2. The zero-order valence-electron chi connectivity index (χ0n) is 16.7. The van der Waals surface area contributed by atoms with Crippen molar-refractivity contribution in [3.8, 4) is 0 Å². The number of anilines is 2. The molecule has 0 spiro atoms. The molecule has 0 radical (unpaired) electrons. The Labute approximate surface area is 185 Å². The highest BCUT2D eigenvalue weighted by Gasteiger charge is 2.18. The second kappa shape index (κ2) is 9.20. The number of methoxy groups -OCH3 is 1. The topological polar surface area (TPSA) is 102 Å². The zero-order chi connectivity index (χ0) is 22.6. The molecule has 0 fully saturated rings. The van der Waals surface area contributed by atoms with Crippen LogP contribution >= 0.6 is 11.6 Å². The van der Waals surface area contributed by atoms with Gasteiger partial charge in [0.15, 0.2) is 0 Å². The number of sulfonamides is 1. The van der Waals surface area contributed by atoms with E-state index in [4.69, 9.17) is 16.3 Å². The van der Waals surface area contributed by atoms with E-state index in [1.54, 1.807) is 30.3 Å². The number of ether oxygens (including phenoxy) is 1. The van der Waals surface area contributed by atoms with E-state index in [1.807, 2.05) is 6.92 Å². The fourth-order valence-corrected chi connectivity index (χ4v) is 4.10. The number of esters is 1. The maximum atomic E-state index is 12.6. The highest BCUT2D eigenvalue weighted by Crippen LogP contribution is 2.27. The summed E-state index contributed by atoms with van der Waals surface area (Å²) in [6.45, 7) is 1.86. The predicted octanol–water partition coefficient (Wildman–Crippen LogP) is 4.49. The van der Waals surface area contributed by atoms with Crippen LogP contribution < -0.4 is 10.0 Å². The fraction of sp³-hybridized carbons (Fsp3) is 0.0909. The molecule has 0 aromatic heterocycles. The van der Waals surface area contributed by atoms with E-state index < -0.39 is 21.9 Å². The number of hydrogen-bond acceptors (Lipinski definition) is 5. The molecule has 3 aromatic rings. The molecule has 3 aromatic carbocycles. The van der Waals surface area contributed by atoms with Gasteiger partial charge in [-0.1, -0.05) is 41.4 Å². The summed E-state index contributed by atoms with van der Waals surface area (Å²) in [6.07, 6.45) is 0. The lowest BCUT2D eigenvalue weighted by Crippen LogP contribution is -2.16. The van der Waals surface area contributed by atoms with Crippen LogP contribution in [0.4, 0.5) is 11.4 Å².